The van der Waals surface area contributed by atoms with Crippen LogP contribution in [0.25, 0.3) is 44.8 Å². The van der Waals surface area contributed by atoms with Crippen LogP contribution < -0.4 is 10.0 Å². The van der Waals surface area contributed by atoms with E-state index in [9.17, 15) is 12.8 Å². The number of hydrogen-bond donors (Lipinski definition) is 4. The van der Waals surface area contributed by atoms with Crippen molar-refractivity contribution >= 4 is 32.2 Å². The molecule has 0 saturated carbocycles. The van der Waals surface area contributed by atoms with Crippen molar-refractivity contribution in [3.63, 3.8) is 0 Å². The first kappa shape index (κ1) is 23.6. The fourth-order valence-electron chi connectivity index (χ4n) is 4.81. The Morgan fingerprint density at radius 2 is 1.95 bits per heavy atom. The molecule has 5 heterocycles. The number of benzene rings is 1. The maximum Gasteiger partial charge on any atom is 0.209 e. The summed E-state index contributed by atoms with van der Waals surface area (Å²) in [6.45, 7) is 1.94. The summed E-state index contributed by atoms with van der Waals surface area (Å²) in [5.41, 5.74) is 6.02. The van der Waals surface area contributed by atoms with E-state index in [1.54, 1.807) is 18.3 Å². The van der Waals surface area contributed by atoms with Gasteiger partial charge in [-0.05, 0) is 73.5 Å². The van der Waals surface area contributed by atoms with Gasteiger partial charge < -0.3 is 10.3 Å². The van der Waals surface area contributed by atoms with Crippen LogP contribution in [-0.2, 0) is 16.6 Å². The minimum absolute atomic E-state index is 0.0175. The van der Waals surface area contributed by atoms with Crippen molar-refractivity contribution in [1.82, 2.24) is 40.2 Å². The third-order valence-corrected chi connectivity index (χ3v) is 7.28. The molecule has 1 aliphatic heterocycles. The Morgan fingerprint density at radius 3 is 2.76 bits per heavy atom. The lowest BCUT2D eigenvalue weighted by Crippen LogP contribution is -2.27. The van der Waals surface area contributed by atoms with E-state index in [0.717, 1.165) is 48.9 Å². The van der Waals surface area contributed by atoms with Gasteiger partial charge in [0.25, 0.3) is 0 Å². The quantitative estimate of drug-likeness (QED) is 0.269. The monoisotopic (exact) mass is 520 g/mol. The predicted octanol–water partition coefficient (Wildman–Crippen LogP) is 3.22. The Balaban J connectivity index is 1.40. The number of nitrogens with zero attached hydrogens (tertiary/aromatic N) is 4. The van der Waals surface area contributed by atoms with Gasteiger partial charge in [-0.25, -0.2) is 32.5 Å². The van der Waals surface area contributed by atoms with E-state index in [4.69, 9.17) is 4.98 Å². The highest BCUT2D eigenvalue weighted by Crippen LogP contribution is 2.32. The highest BCUT2D eigenvalue weighted by atomic mass is 32.2. The molecule has 1 fully saturated rings. The molecule has 0 amide bonds. The second kappa shape index (κ2) is 9.29. The van der Waals surface area contributed by atoms with Gasteiger partial charge in [-0.15, -0.1) is 0 Å². The summed E-state index contributed by atoms with van der Waals surface area (Å²) in [7, 11) is -3.42. The highest BCUT2D eigenvalue weighted by Gasteiger charge is 2.21. The molecule has 6 rings (SSSR count). The number of aromatic amines is 2. The van der Waals surface area contributed by atoms with Crippen LogP contribution in [0, 0.1) is 5.82 Å². The zero-order chi connectivity index (χ0) is 25.6. The molecule has 4 N–H and O–H groups in total. The van der Waals surface area contributed by atoms with Gasteiger partial charge in [-0.1, -0.05) is 0 Å². The summed E-state index contributed by atoms with van der Waals surface area (Å²) in [6, 6.07) is 10.3. The van der Waals surface area contributed by atoms with Crippen molar-refractivity contribution in [2.75, 3.05) is 19.3 Å². The molecule has 0 atom stereocenters. The number of rotatable bonds is 6. The molecule has 190 valence electrons. The summed E-state index contributed by atoms with van der Waals surface area (Å²) in [6.07, 6.45) is 4.75. The summed E-state index contributed by atoms with van der Waals surface area (Å²) >= 11 is 0. The van der Waals surface area contributed by atoms with E-state index in [0.29, 0.717) is 45.3 Å². The number of H-pyrrole nitrogens is 2. The molecule has 5 aromatic rings. The molecule has 1 aliphatic rings. The van der Waals surface area contributed by atoms with E-state index in [1.165, 1.54) is 12.1 Å². The van der Waals surface area contributed by atoms with Gasteiger partial charge in [-0.2, -0.15) is 5.10 Å². The van der Waals surface area contributed by atoms with Crippen molar-refractivity contribution in [2.45, 2.75) is 25.3 Å². The maximum absolute atomic E-state index is 14.5. The number of sulfonamides is 1. The van der Waals surface area contributed by atoms with Crippen LogP contribution in [0.2, 0.25) is 0 Å². The average Bonchev–Trinajstić information content (AvgIpc) is 3.51. The van der Waals surface area contributed by atoms with Gasteiger partial charge in [-0.3, -0.25) is 5.10 Å². The van der Waals surface area contributed by atoms with Gasteiger partial charge >= 0.3 is 0 Å². The van der Waals surface area contributed by atoms with Crippen LogP contribution in [0.4, 0.5) is 4.39 Å². The summed E-state index contributed by atoms with van der Waals surface area (Å²) in [4.78, 5) is 17.3. The zero-order valence-corrected chi connectivity index (χ0v) is 20.9. The van der Waals surface area contributed by atoms with Crippen molar-refractivity contribution in [3.8, 4) is 22.6 Å². The molecule has 1 aromatic carbocycles. The van der Waals surface area contributed by atoms with Crippen molar-refractivity contribution in [1.29, 1.82) is 0 Å². The summed E-state index contributed by atoms with van der Waals surface area (Å²) in [5, 5.41) is 10.9. The summed E-state index contributed by atoms with van der Waals surface area (Å²) in [5.74, 6) is 0.434. The van der Waals surface area contributed by atoms with Crippen LogP contribution in [-0.4, -0.2) is 57.9 Å². The van der Waals surface area contributed by atoms with E-state index in [2.05, 4.69) is 41.3 Å². The largest absolute Gasteiger partial charge is 0.335 e. The lowest BCUT2D eigenvalue weighted by Gasteiger charge is -2.22. The number of nitrogens with one attached hydrogen (secondary N) is 4. The minimum atomic E-state index is -3.42. The molecular formula is C25H25FN8O2S. The first-order chi connectivity index (χ1) is 17.8. The average molecular weight is 521 g/mol. The maximum atomic E-state index is 14.5. The normalized spacial score (nSPS) is 15.1. The molecule has 10 nitrogen and oxygen atoms in total. The molecule has 4 aromatic heterocycles. The lowest BCUT2D eigenvalue weighted by molar-refractivity contribution is 0.454. The standard InChI is InChI=1S/C25H25FN8O2S/c1-37(35,36)29-13-14-10-16(12-17(26)11-14)18-6-9-28-24-21(18)31-25(32-24)23-22-20(33-34-23)3-2-19(30-22)15-4-7-27-8-5-15/h2-3,6,9-12,15,27,29H,4-5,7-8,13H2,1H3,(H,33,34)(H,28,31,32). The second-order valence-corrected chi connectivity index (χ2v) is 11.1. The van der Waals surface area contributed by atoms with E-state index in [1.807, 2.05) is 6.07 Å². The highest BCUT2D eigenvalue weighted by molar-refractivity contribution is 7.88. The molecule has 37 heavy (non-hydrogen) atoms. The molecule has 0 spiro atoms. The Labute approximate surface area is 212 Å². The van der Waals surface area contributed by atoms with Crippen LogP contribution >= 0.6 is 0 Å². The lowest BCUT2D eigenvalue weighted by atomic mass is 9.94. The first-order valence-corrected chi connectivity index (χ1v) is 13.9. The minimum Gasteiger partial charge on any atom is -0.335 e. The van der Waals surface area contributed by atoms with E-state index >= 15 is 0 Å². The third-order valence-electron chi connectivity index (χ3n) is 6.61. The van der Waals surface area contributed by atoms with Crippen LogP contribution in [0.15, 0.2) is 42.6 Å². The topological polar surface area (TPSA) is 141 Å². The first-order valence-electron chi connectivity index (χ1n) is 12.0. The fourth-order valence-corrected chi connectivity index (χ4v) is 5.24. The number of hydrogen-bond acceptors (Lipinski definition) is 7. The van der Waals surface area contributed by atoms with Gasteiger partial charge in [0.1, 0.15) is 11.3 Å². The van der Waals surface area contributed by atoms with Crippen molar-refractivity contribution < 1.29 is 12.8 Å². The summed E-state index contributed by atoms with van der Waals surface area (Å²) < 4.78 is 39.9. The molecule has 0 aliphatic carbocycles. The van der Waals surface area contributed by atoms with Crippen LogP contribution in [0.1, 0.15) is 30.0 Å². The van der Waals surface area contributed by atoms with Crippen molar-refractivity contribution in [3.05, 3.63) is 59.7 Å². The smallest absolute Gasteiger partial charge is 0.209 e. The van der Waals surface area contributed by atoms with E-state index in [-0.39, 0.29) is 6.54 Å². The third kappa shape index (κ3) is 4.82. The molecule has 0 radical (unpaired) electrons. The van der Waals surface area contributed by atoms with Crippen LogP contribution in [0.3, 0.4) is 0 Å². The number of aromatic nitrogens is 6. The molecule has 12 heteroatoms. The zero-order valence-electron chi connectivity index (χ0n) is 20.0. The second-order valence-electron chi connectivity index (χ2n) is 9.31. The van der Waals surface area contributed by atoms with Crippen LogP contribution in [0.5, 0.6) is 0 Å². The SMILES string of the molecule is CS(=O)(=O)NCc1cc(F)cc(-c2ccnc3nc(-c4n[nH]c5ccc(C6CCNCC6)nc45)[nH]c23)c1. The Morgan fingerprint density at radius 1 is 1.11 bits per heavy atom. The Kier molecular flexibility index (Phi) is 5.94. The predicted molar refractivity (Wildman–Crippen MR) is 139 cm³/mol. The van der Waals surface area contributed by atoms with Crippen molar-refractivity contribution in [2.24, 2.45) is 0 Å². The number of pyridine rings is 2. The molecular weight excluding hydrogens is 495 g/mol. The number of fused-ring (bicyclic) bond motifs is 2. The Hall–Kier alpha value is -3.74. The van der Waals surface area contributed by atoms with E-state index < -0.39 is 15.8 Å². The fraction of sp³-hybridized carbons (Fsp3) is 0.280. The molecule has 0 unspecified atom stereocenters. The Bertz CT molecular complexity index is 1720. The van der Waals surface area contributed by atoms with Gasteiger partial charge in [0.15, 0.2) is 17.2 Å². The van der Waals surface area contributed by atoms with Gasteiger partial charge in [0, 0.05) is 29.9 Å². The van der Waals surface area contributed by atoms with Gasteiger partial charge in [0.05, 0.1) is 17.3 Å². The number of imidazole rings is 1. The van der Waals surface area contributed by atoms with Gasteiger partial charge in [0.2, 0.25) is 10.0 Å². The molecule has 0 bridgehead atoms. The number of piperidine rings is 1. The molecule has 1 saturated heterocycles. The number of halogens is 1.